The number of ether oxygens (including phenoxy) is 1. The number of carbonyl (C=O) groups is 2. The van der Waals surface area contributed by atoms with Crippen LogP contribution in [0.4, 0.5) is 5.69 Å². The van der Waals surface area contributed by atoms with Crippen molar-refractivity contribution in [2.45, 2.75) is 25.3 Å². The summed E-state index contributed by atoms with van der Waals surface area (Å²) < 4.78 is 5.34. The molecule has 2 N–H and O–H groups in total. The van der Waals surface area contributed by atoms with E-state index in [2.05, 4.69) is 10.6 Å². The van der Waals surface area contributed by atoms with Crippen molar-refractivity contribution in [1.29, 1.82) is 0 Å². The van der Waals surface area contributed by atoms with Crippen molar-refractivity contribution in [2.75, 3.05) is 38.2 Å². The van der Waals surface area contributed by atoms with E-state index in [1.54, 1.807) is 24.3 Å². The molecule has 2 aliphatic heterocycles. The molecule has 124 valence electrons. The van der Waals surface area contributed by atoms with Crippen molar-refractivity contribution in [3.8, 4) is 0 Å². The molecule has 2 aliphatic rings. The first-order valence-electron chi connectivity index (χ1n) is 8.23. The minimum absolute atomic E-state index is 0.0494. The van der Waals surface area contributed by atoms with Crippen molar-refractivity contribution >= 4 is 17.5 Å². The molecule has 6 nitrogen and oxygen atoms in total. The number of carbonyl (C=O) groups excluding carboxylic acids is 2. The number of anilines is 1. The highest BCUT2D eigenvalue weighted by atomic mass is 16.5. The van der Waals surface area contributed by atoms with Crippen LogP contribution in [0, 0.1) is 0 Å². The molecule has 0 aromatic heterocycles. The highest BCUT2D eigenvalue weighted by Crippen LogP contribution is 2.15. The molecule has 6 heteroatoms. The summed E-state index contributed by atoms with van der Waals surface area (Å²) in [5, 5.41) is 6.12. The molecule has 0 bridgehead atoms. The minimum Gasteiger partial charge on any atom is -0.378 e. The molecule has 0 radical (unpaired) electrons. The summed E-state index contributed by atoms with van der Waals surface area (Å²) >= 11 is 0. The largest absolute Gasteiger partial charge is 0.378 e. The summed E-state index contributed by atoms with van der Waals surface area (Å²) in [7, 11) is 0. The number of nitrogens with zero attached hydrogens (tertiary/aromatic N) is 1. The first kappa shape index (κ1) is 16.0. The van der Waals surface area contributed by atoms with Crippen LogP contribution in [0.25, 0.3) is 0 Å². The molecule has 2 heterocycles. The van der Waals surface area contributed by atoms with Crippen LogP contribution in [0.3, 0.4) is 0 Å². The van der Waals surface area contributed by atoms with Crippen LogP contribution in [0.2, 0.25) is 0 Å². The van der Waals surface area contributed by atoms with Gasteiger partial charge in [0.05, 0.1) is 13.2 Å². The maximum Gasteiger partial charge on any atom is 0.253 e. The molecule has 1 unspecified atom stereocenters. The fourth-order valence-corrected chi connectivity index (χ4v) is 2.99. The molecule has 2 fully saturated rings. The van der Waals surface area contributed by atoms with Gasteiger partial charge in [-0.1, -0.05) is 0 Å². The van der Waals surface area contributed by atoms with Gasteiger partial charge in [-0.3, -0.25) is 9.59 Å². The van der Waals surface area contributed by atoms with Gasteiger partial charge >= 0.3 is 0 Å². The standard InChI is InChI=1S/C17H23N3O3/c21-16(11-15-12-23-10-7-18-15)19-14-5-3-13(4-6-14)17(22)20-8-1-2-9-20/h3-6,15,18H,1-2,7-12H2,(H,19,21). The smallest absolute Gasteiger partial charge is 0.253 e. The molecule has 0 spiro atoms. The second-order valence-corrected chi connectivity index (χ2v) is 6.05. The van der Waals surface area contributed by atoms with Crippen molar-refractivity contribution < 1.29 is 14.3 Å². The maximum absolute atomic E-state index is 12.3. The van der Waals surface area contributed by atoms with Gasteiger partial charge in [-0.05, 0) is 37.1 Å². The van der Waals surface area contributed by atoms with Crippen LogP contribution in [0.1, 0.15) is 29.6 Å². The number of benzene rings is 1. The highest BCUT2D eigenvalue weighted by Gasteiger charge is 2.20. The quantitative estimate of drug-likeness (QED) is 0.876. The predicted molar refractivity (Wildman–Crippen MR) is 87.4 cm³/mol. The lowest BCUT2D eigenvalue weighted by molar-refractivity contribution is -0.117. The van der Waals surface area contributed by atoms with E-state index in [0.717, 1.165) is 32.5 Å². The Labute approximate surface area is 136 Å². The number of amides is 2. The SMILES string of the molecule is O=C(CC1COCCN1)Nc1ccc(C(=O)N2CCCC2)cc1. The summed E-state index contributed by atoms with van der Waals surface area (Å²) in [6.07, 6.45) is 2.55. The lowest BCUT2D eigenvalue weighted by Crippen LogP contribution is -2.43. The molecular weight excluding hydrogens is 294 g/mol. The van der Waals surface area contributed by atoms with Crippen LogP contribution < -0.4 is 10.6 Å². The van der Waals surface area contributed by atoms with E-state index in [9.17, 15) is 9.59 Å². The summed E-state index contributed by atoms with van der Waals surface area (Å²) in [6.45, 7) is 3.73. The first-order valence-corrected chi connectivity index (χ1v) is 8.23. The zero-order chi connectivity index (χ0) is 16.1. The molecule has 2 amide bonds. The fraction of sp³-hybridized carbons (Fsp3) is 0.529. The zero-order valence-corrected chi connectivity index (χ0v) is 13.2. The van der Waals surface area contributed by atoms with E-state index in [0.29, 0.717) is 30.9 Å². The third kappa shape index (κ3) is 4.30. The van der Waals surface area contributed by atoms with Crippen LogP contribution >= 0.6 is 0 Å². The Morgan fingerprint density at radius 3 is 2.61 bits per heavy atom. The lowest BCUT2D eigenvalue weighted by Gasteiger charge is -2.23. The molecule has 0 saturated carbocycles. The number of morpholine rings is 1. The topological polar surface area (TPSA) is 70.7 Å². The van der Waals surface area contributed by atoms with Crippen molar-refractivity contribution in [3.05, 3.63) is 29.8 Å². The van der Waals surface area contributed by atoms with E-state index < -0.39 is 0 Å². The molecule has 3 rings (SSSR count). The number of hydrogen-bond acceptors (Lipinski definition) is 4. The van der Waals surface area contributed by atoms with E-state index in [-0.39, 0.29) is 17.9 Å². The van der Waals surface area contributed by atoms with Crippen molar-refractivity contribution in [2.24, 2.45) is 0 Å². The average molecular weight is 317 g/mol. The van der Waals surface area contributed by atoms with Gasteiger partial charge in [0.25, 0.3) is 5.91 Å². The second-order valence-electron chi connectivity index (χ2n) is 6.05. The second kappa shape index (κ2) is 7.57. The van der Waals surface area contributed by atoms with E-state index >= 15 is 0 Å². The predicted octanol–water partition coefficient (Wildman–Crippen LogP) is 1.24. The maximum atomic E-state index is 12.3. The Morgan fingerprint density at radius 2 is 1.96 bits per heavy atom. The van der Waals surface area contributed by atoms with Crippen LogP contribution in [-0.2, 0) is 9.53 Å². The molecule has 2 saturated heterocycles. The molecule has 0 aliphatic carbocycles. The Balaban J connectivity index is 1.52. The number of hydrogen-bond donors (Lipinski definition) is 2. The van der Waals surface area contributed by atoms with Crippen LogP contribution in [0.5, 0.6) is 0 Å². The zero-order valence-electron chi connectivity index (χ0n) is 13.2. The van der Waals surface area contributed by atoms with Gasteiger partial charge in [0.1, 0.15) is 0 Å². The first-order chi connectivity index (χ1) is 11.2. The molecular formula is C17H23N3O3. The minimum atomic E-state index is -0.0494. The highest BCUT2D eigenvalue weighted by molar-refractivity contribution is 5.96. The van der Waals surface area contributed by atoms with E-state index in [4.69, 9.17) is 4.74 Å². The summed E-state index contributed by atoms with van der Waals surface area (Å²) in [6, 6.07) is 7.19. The van der Waals surface area contributed by atoms with Gasteiger partial charge in [0.2, 0.25) is 5.91 Å². The van der Waals surface area contributed by atoms with Crippen LogP contribution in [-0.4, -0.2) is 55.6 Å². The summed E-state index contributed by atoms with van der Waals surface area (Å²) in [5.74, 6) is 0.0237. The third-order valence-electron chi connectivity index (χ3n) is 4.24. The van der Waals surface area contributed by atoms with Crippen LogP contribution in [0.15, 0.2) is 24.3 Å². The van der Waals surface area contributed by atoms with Gasteiger partial charge in [-0.2, -0.15) is 0 Å². The Hall–Kier alpha value is -1.92. The molecule has 23 heavy (non-hydrogen) atoms. The van der Waals surface area contributed by atoms with Gasteiger partial charge in [-0.15, -0.1) is 0 Å². The van der Waals surface area contributed by atoms with Gasteiger partial charge in [0, 0.05) is 43.3 Å². The van der Waals surface area contributed by atoms with Gasteiger partial charge in [-0.25, -0.2) is 0 Å². The molecule has 1 aromatic rings. The Morgan fingerprint density at radius 1 is 1.22 bits per heavy atom. The van der Waals surface area contributed by atoms with Gasteiger partial charge in [0.15, 0.2) is 0 Å². The summed E-state index contributed by atoms with van der Waals surface area (Å²) in [4.78, 5) is 26.2. The monoisotopic (exact) mass is 317 g/mol. The number of nitrogens with one attached hydrogen (secondary N) is 2. The normalized spacial score (nSPS) is 21.2. The lowest BCUT2D eigenvalue weighted by atomic mass is 10.1. The molecule has 1 aromatic carbocycles. The Kier molecular flexibility index (Phi) is 5.25. The van der Waals surface area contributed by atoms with Crippen molar-refractivity contribution in [1.82, 2.24) is 10.2 Å². The number of rotatable bonds is 4. The van der Waals surface area contributed by atoms with E-state index in [1.165, 1.54) is 0 Å². The molecule has 1 atom stereocenters. The Bertz CT molecular complexity index is 547. The van der Waals surface area contributed by atoms with Crippen molar-refractivity contribution in [3.63, 3.8) is 0 Å². The third-order valence-corrected chi connectivity index (χ3v) is 4.24. The van der Waals surface area contributed by atoms with E-state index in [1.807, 2.05) is 4.90 Å². The number of likely N-dealkylation sites (tertiary alicyclic amines) is 1. The summed E-state index contributed by atoms with van der Waals surface area (Å²) in [5.41, 5.74) is 1.39. The van der Waals surface area contributed by atoms with Gasteiger partial charge < -0.3 is 20.3 Å². The fourth-order valence-electron chi connectivity index (χ4n) is 2.99. The average Bonchev–Trinajstić information content (AvgIpc) is 3.10.